The first-order valence-electron chi connectivity index (χ1n) is 5.39. The lowest BCUT2D eigenvalue weighted by Crippen LogP contribution is -2.31. The van der Waals surface area contributed by atoms with E-state index in [9.17, 15) is 0 Å². The molecule has 0 spiro atoms. The van der Waals surface area contributed by atoms with Gasteiger partial charge in [0.1, 0.15) is 0 Å². The van der Waals surface area contributed by atoms with E-state index in [-0.39, 0.29) is 5.41 Å². The van der Waals surface area contributed by atoms with Gasteiger partial charge in [-0.05, 0) is 11.0 Å². The number of pyridine rings is 1. The van der Waals surface area contributed by atoms with Crippen LogP contribution in [0, 0.1) is 5.41 Å². The van der Waals surface area contributed by atoms with Crippen molar-refractivity contribution in [3.05, 3.63) is 24.0 Å². The monoisotopic (exact) mass is 222 g/mol. The molecule has 0 aliphatic carbocycles. The Hall–Kier alpha value is -0.905. The Morgan fingerprint density at radius 3 is 2.56 bits per heavy atom. The Morgan fingerprint density at radius 1 is 1.31 bits per heavy atom. The molecule has 88 valence electrons. The van der Waals surface area contributed by atoms with Crippen molar-refractivity contribution in [1.82, 2.24) is 10.3 Å². The number of aromatic nitrogens is 1. The van der Waals surface area contributed by atoms with Crippen LogP contribution in [0.1, 0.15) is 26.3 Å². The molecule has 0 radical (unpaired) electrons. The van der Waals surface area contributed by atoms with Crippen molar-refractivity contribution in [3.63, 3.8) is 0 Å². The molecular weight excluding hydrogens is 203 g/mol. The summed E-state index contributed by atoms with van der Waals surface area (Å²) in [4.78, 5) is 3.96. The van der Waals surface area contributed by atoms with Crippen LogP contribution in [-0.2, 0) is 6.54 Å². The highest BCUT2D eigenvalue weighted by Crippen LogP contribution is 2.10. The van der Waals surface area contributed by atoms with Gasteiger partial charge in [0.05, 0.1) is 0 Å². The maximum atomic E-state index is 9.00. The first-order valence-corrected chi connectivity index (χ1v) is 5.39. The van der Waals surface area contributed by atoms with Crippen molar-refractivity contribution >= 4 is 12.6 Å². The molecule has 0 unspecified atom stereocenters. The summed E-state index contributed by atoms with van der Waals surface area (Å²) in [7, 11) is -1.45. The van der Waals surface area contributed by atoms with Gasteiger partial charge in [0, 0.05) is 30.9 Å². The van der Waals surface area contributed by atoms with Crippen LogP contribution in [0.4, 0.5) is 0 Å². The lowest BCUT2D eigenvalue weighted by Gasteiger charge is -2.18. The normalized spacial score (nSPS) is 11.6. The van der Waals surface area contributed by atoms with Gasteiger partial charge in [-0.15, -0.1) is 0 Å². The summed E-state index contributed by atoms with van der Waals surface area (Å²) < 4.78 is 0. The van der Waals surface area contributed by atoms with Gasteiger partial charge in [-0.25, -0.2) is 0 Å². The van der Waals surface area contributed by atoms with Gasteiger partial charge in [-0.3, -0.25) is 4.98 Å². The molecule has 5 heteroatoms. The van der Waals surface area contributed by atoms with Crippen molar-refractivity contribution in [2.75, 3.05) is 6.54 Å². The van der Waals surface area contributed by atoms with Crippen molar-refractivity contribution in [2.24, 2.45) is 5.41 Å². The molecule has 0 aliphatic heterocycles. The summed E-state index contributed by atoms with van der Waals surface area (Å²) >= 11 is 0. The standard InChI is InChI=1S/C11H19BN2O2/c1-11(2,3)8-14-6-9-4-10(12(15)16)7-13-5-9/h4-5,7,14-16H,6,8H2,1-3H3. The first-order chi connectivity index (χ1) is 7.38. The van der Waals surface area contributed by atoms with Crippen molar-refractivity contribution in [1.29, 1.82) is 0 Å². The average molecular weight is 222 g/mol. The molecule has 3 N–H and O–H groups in total. The Labute approximate surface area is 96.9 Å². The van der Waals surface area contributed by atoms with Gasteiger partial charge >= 0.3 is 7.12 Å². The van der Waals surface area contributed by atoms with E-state index in [4.69, 9.17) is 10.0 Å². The van der Waals surface area contributed by atoms with Gasteiger partial charge in [-0.2, -0.15) is 0 Å². The van der Waals surface area contributed by atoms with Gasteiger partial charge in [0.2, 0.25) is 0 Å². The summed E-state index contributed by atoms with van der Waals surface area (Å²) in [6.45, 7) is 8.06. The molecule has 4 nitrogen and oxygen atoms in total. The van der Waals surface area contributed by atoms with Crippen molar-refractivity contribution in [2.45, 2.75) is 27.3 Å². The molecule has 0 saturated heterocycles. The van der Waals surface area contributed by atoms with Crippen molar-refractivity contribution in [3.8, 4) is 0 Å². The minimum absolute atomic E-state index is 0.238. The zero-order chi connectivity index (χ0) is 12.2. The smallest absolute Gasteiger partial charge is 0.423 e. The van der Waals surface area contributed by atoms with Gasteiger partial charge < -0.3 is 15.4 Å². The molecule has 0 aliphatic rings. The molecule has 0 aromatic carbocycles. The van der Waals surface area contributed by atoms with Gasteiger partial charge in [-0.1, -0.05) is 26.8 Å². The second-order valence-corrected chi connectivity index (χ2v) is 5.16. The lowest BCUT2D eigenvalue weighted by atomic mass is 9.81. The quantitative estimate of drug-likeness (QED) is 0.622. The highest BCUT2D eigenvalue weighted by atomic mass is 16.4. The Bertz CT molecular complexity index is 337. The van der Waals surface area contributed by atoms with E-state index >= 15 is 0 Å². The molecule has 0 saturated carbocycles. The number of hydrogen-bond donors (Lipinski definition) is 3. The fraction of sp³-hybridized carbons (Fsp3) is 0.545. The molecule has 0 bridgehead atoms. The van der Waals surface area contributed by atoms with E-state index in [0.717, 1.165) is 12.1 Å². The lowest BCUT2D eigenvalue weighted by molar-refractivity contribution is 0.379. The number of nitrogens with zero attached hydrogens (tertiary/aromatic N) is 1. The maximum absolute atomic E-state index is 9.00. The van der Waals surface area contributed by atoms with Crippen molar-refractivity contribution < 1.29 is 10.0 Å². The van der Waals surface area contributed by atoms with E-state index in [1.807, 2.05) is 0 Å². The first kappa shape index (κ1) is 13.2. The van der Waals surface area contributed by atoms with Gasteiger partial charge in [0.15, 0.2) is 0 Å². The number of rotatable bonds is 4. The highest BCUT2D eigenvalue weighted by molar-refractivity contribution is 6.58. The molecule has 0 atom stereocenters. The third kappa shape index (κ3) is 4.74. The van der Waals surface area contributed by atoms with Gasteiger partial charge in [0.25, 0.3) is 0 Å². The zero-order valence-electron chi connectivity index (χ0n) is 10.1. The SMILES string of the molecule is CC(C)(C)CNCc1cncc(B(O)O)c1. The predicted molar refractivity (Wildman–Crippen MR) is 65.2 cm³/mol. The zero-order valence-corrected chi connectivity index (χ0v) is 10.1. The van der Waals surface area contributed by atoms with E-state index in [1.54, 1.807) is 12.3 Å². The molecular formula is C11H19BN2O2. The Morgan fingerprint density at radius 2 is 2.00 bits per heavy atom. The van der Waals surface area contributed by atoms with Crippen LogP contribution < -0.4 is 10.8 Å². The second-order valence-electron chi connectivity index (χ2n) is 5.16. The molecule has 0 fully saturated rings. The Balaban J connectivity index is 2.51. The summed E-state index contributed by atoms with van der Waals surface area (Å²) in [5, 5.41) is 21.3. The van der Waals surface area contributed by atoms with E-state index < -0.39 is 7.12 Å². The maximum Gasteiger partial charge on any atom is 0.490 e. The summed E-state index contributed by atoms with van der Waals surface area (Å²) in [5.74, 6) is 0. The topological polar surface area (TPSA) is 65.4 Å². The van der Waals surface area contributed by atoms with Crippen LogP contribution in [0.3, 0.4) is 0 Å². The number of nitrogens with one attached hydrogen (secondary N) is 1. The molecule has 1 rings (SSSR count). The van der Waals surface area contributed by atoms with Crippen LogP contribution in [0.5, 0.6) is 0 Å². The van der Waals surface area contributed by atoms with Crippen LogP contribution in [0.2, 0.25) is 0 Å². The molecule has 16 heavy (non-hydrogen) atoms. The fourth-order valence-corrected chi connectivity index (χ4v) is 1.33. The molecule has 0 amide bonds. The Kier molecular flexibility index (Phi) is 4.47. The van der Waals surface area contributed by atoms with E-state index in [0.29, 0.717) is 12.0 Å². The molecule has 1 heterocycles. The van der Waals surface area contributed by atoms with Crippen LogP contribution in [-0.4, -0.2) is 28.7 Å². The third-order valence-corrected chi connectivity index (χ3v) is 2.10. The third-order valence-electron chi connectivity index (χ3n) is 2.10. The minimum Gasteiger partial charge on any atom is -0.423 e. The highest BCUT2D eigenvalue weighted by Gasteiger charge is 2.12. The minimum atomic E-state index is -1.45. The van der Waals surface area contributed by atoms with E-state index in [1.165, 1.54) is 6.20 Å². The summed E-state index contributed by atoms with van der Waals surface area (Å²) in [5.41, 5.74) is 1.62. The fourth-order valence-electron chi connectivity index (χ4n) is 1.33. The summed E-state index contributed by atoms with van der Waals surface area (Å²) in [6.07, 6.45) is 3.18. The average Bonchev–Trinajstić information content (AvgIpc) is 2.16. The summed E-state index contributed by atoms with van der Waals surface area (Å²) in [6, 6.07) is 1.74. The molecule has 1 aromatic rings. The predicted octanol–water partition coefficient (Wildman–Crippen LogP) is -0.103. The molecule has 1 aromatic heterocycles. The van der Waals surface area contributed by atoms with Crippen LogP contribution >= 0.6 is 0 Å². The number of hydrogen-bond acceptors (Lipinski definition) is 4. The largest absolute Gasteiger partial charge is 0.490 e. The van der Waals surface area contributed by atoms with Crippen LogP contribution in [0.25, 0.3) is 0 Å². The van der Waals surface area contributed by atoms with E-state index in [2.05, 4.69) is 31.1 Å². The second kappa shape index (κ2) is 5.43. The van der Waals surface area contributed by atoms with Crippen LogP contribution in [0.15, 0.2) is 18.5 Å².